The summed E-state index contributed by atoms with van der Waals surface area (Å²) < 4.78 is 13.8. The lowest BCUT2D eigenvalue weighted by Crippen LogP contribution is -2.51. The number of hydrogen-bond donors (Lipinski definition) is 3. The molecular formula is C21H24ClFN4O. The van der Waals surface area contributed by atoms with E-state index >= 15 is 0 Å². The minimum Gasteiger partial charge on any atom is -0.349 e. The fourth-order valence-electron chi connectivity index (χ4n) is 3.96. The number of rotatable bonds is 4. The van der Waals surface area contributed by atoms with Crippen molar-refractivity contribution < 1.29 is 9.18 Å². The molecule has 0 radical (unpaired) electrons. The summed E-state index contributed by atoms with van der Waals surface area (Å²) in [6.45, 7) is 1.77. The SMILES string of the molecule is O=C(NC1CCN(C2CC(c3ccc(Cl)cc3)NN2)CC1)c1ccccc1F. The molecule has 0 bridgehead atoms. The molecule has 0 spiro atoms. The van der Waals surface area contributed by atoms with E-state index in [0.29, 0.717) is 0 Å². The number of hydrogen-bond acceptors (Lipinski definition) is 4. The van der Waals surface area contributed by atoms with Crippen molar-refractivity contribution in [3.8, 4) is 0 Å². The van der Waals surface area contributed by atoms with Crippen LogP contribution in [-0.2, 0) is 0 Å². The van der Waals surface area contributed by atoms with Crippen LogP contribution in [0.5, 0.6) is 0 Å². The number of carbonyl (C=O) groups is 1. The molecule has 2 aromatic carbocycles. The van der Waals surface area contributed by atoms with Crippen LogP contribution in [0.1, 0.15) is 41.2 Å². The minimum absolute atomic E-state index is 0.0739. The van der Waals surface area contributed by atoms with E-state index in [0.717, 1.165) is 37.4 Å². The van der Waals surface area contributed by atoms with Gasteiger partial charge in [-0.1, -0.05) is 35.9 Å². The molecule has 1 amide bonds. The van der Waals surface area contributed by atoms with Gasteiger partial charge in [0.05, 0.1) is 11.7 Å². The molecule has 2 aromatic rings. The molecule has 28 heavy (non-hydrogen) atoms. The van der Waals surface area contributed by atoms with Crippen molar-refractivity contribution in [2.24, 2.45) is 0 Å². The maximum Gasteiger partial charge on any atom is 0.254 e. The maximum atomic E-state index is 13.8. The third-order valence-corrected chi connectivity index (χ3v) is 5.83. The van der Waals surface area contributed by atoms with Gasteiger partial charge in [0, 0.05) is 30.2 Å². The smallest absolute Gasteiger partial charge is 0.254 e. The molecule has 2 atom stereocenters. The molecule has 4 rings (SSSR count). The normalized spacial score (nSPS) is 23.6. The number of benzene rings is 2. The molecule has 2 unspecified atom stereocenters. The first-order valence-corrected chi connectivity index (χ1v) is 10.0. The summed E-state index contributed by atoms with van der Waals surface area (Å²) in [6.07, 6.45) is 2.92. The summed E-state index contributed by atoms with van der Waals surface area (Å²) in [5, 5.41) is 3.71. The topological polar surface area (TPSA) is 56.4 Å². The Bertz CT molecular complexity index is 823. The average molecular weight is 403 g/mol. The Labute approximate surface area is 169 Å². The molecule has 5 nitrogen and oxygen atoms in total. The van der Waals surface area contributed by atoms with E-state index < -0.39 is 5.82 Å². The number of nitrogens with zero attached hydrogens (tertiary/aromatic N) is 1. The third kappa shape index (κ3) is 4.36. The molecular weight excluding hydrogens is 379 g/mol. The van der Waals surface area contributed by atoms with Crippen LogP contribution in [-0.4, -0.2) is 36.1 Å². The molecule has 2 aliphatic heterocycles. The summed E-state index contributed by atoms with van der Waals surface area (Å²) in [5.74, 6) is -0.813. The first-order valence-electron chi connectivity index (χ1n) is 9.66. The number of piperidine rings is 1. The summed E-state index contributed by atoms with van der Waals surface area (Å²) in [4.78, 5) is 14.7. The van der Waals surface area contributed by atoms with Crippen LogP contribution in [0.4, 0.5) is 4.39 Å². The standard InChI is InChI=1S/C21H24ClFN4O/c22-15-7-5-14(6-8-15)19-13-20(26-25-19)27-11-9-16(10-12-27)24-21(28)17-3-1-2-4-18(17)23/h1-8,16,19-20,25-26H,9-13H2,(H,24,28). The molecule has 0 aliphatic carbocycles. The Morgan fingerprint density at radius 3 is 2.50 bits per heavy atom. The van der Waals surface area contributed by atoms with Crippen LogP contribution in [0, 0.1) is 5.82 Å². The first kappa shape index (κ1) is 19.3. The third-order valence-electron chi connectivity index (χ3n) is 5.58. The molecule has 7 heteroatoms. The number of hydrazine groups is 1. The van der Waals surface area contributed by atoms with Gasteiger partial charge in [0.2, 0.25) is 0 Å². The summed E-state index contributed by atoms with van der Waals surface area (Å²) in [6, 6.07) is 14.3. The lowest BCUT2D eigenvalue weighted by molar-refractivity contribution is 0.0876. The van der Waals surface area contributed by atoms with Crippen LogP contribution in [0.25, 0.3) is 0 Å². The molecule has 3 N–H and O–H groups in total. The van der Waals surface area contributed by atoms with Gasteiger partial charge in [0.1, 0.15) is 5.82 Å². The van der Waals surface area contributed by atoms with Crippen LogP contribution in [0.2, 0.25) is 5.02 Å². The molecule has 2 fully saturated rings. The first-order chi connectivity index (χ1) is 13.6. The van der Waals surface area contributed by atoms with E-state index in [1.807, 2.05) is 12.1 Å². The van der Waals surface area contributed by atoms with E-state index in [1.54, 1.807) is 12.1 Å². The van der Waals surface area contributed by atoms with E-state index in [-0.39, 0.29) is 29.7 Å². The number of halogens is 2. The second kappa shape index (κ2) is 8.57. The lowest BCUT2D eigenvalue weighted by Gasteiger charge is -2.35. The van der Waals surface area contributed by atoms with Crippen LogP contribution < -0.4 is 16.2 Å². The Hall–Kier alpha value is -1.99. The molecule has 148 valence electrons. The zero-order valence-electron chi connectivity index (χ0n) is 15.5. The van der Waals surface area contributed by atoms with Crippen molar-refractivity contribution in [1.82, 2.24) is 21.1 Å². The van der Waals surface area contributed by atoms with E-state index in [1.165, 1.54) is 17.7 Å². The van der Waals surface area contributed by atoms with E-state index in [4.69, 9.17) is 11.6 Å². The Kier molecular flexibility index (Phi) is 5.92. The van der Waals surface area contributed by atoms with E-state index in [2.05, 4.69) is 33.2 Å². The van der Waals surface area contributed by atoms with Crippen molar-refractivity contribution in [3.05, 3.63) is 70.5 Å². The monoisotopic (exact) mass is 402 g/mol. The molecule has 2 aliphatic rings. The Morgan fingerprint density at radius 2 is 1.79 bits per heavy atom. The Morgan fingerprint density at radius 1 is 1.07 bits per heavy atom. The van der Waals surface area contributed by atoms with Gasteiger partial charge in [-0.25, -0.2) is 15.2 Å². The van der Waals surface area contributed by atoms with E-state index in [9.17, 15) is 9.18 Å². The largest absolute Gasteiger partial charge is 0.349 e. The highest BCUT2D eigenvalue weighted by atomic mass is 35.5. The van der Waals surface area contributed by atoms with Crippen molar-refractivity contribution in [2.75, 3.05) is 13.1 Å². The average Bonchev–Trinajstić information content (AvgIpc) is 3.19. The van der Waals surface area contributed by atoms with Gasteiger partial charge in [-0.2, -0.15) is 0 Å². The zero-order valence-corrected chi connectivity index (χ0v) is 16.3. The maximum absolute atomic E-state index is 13.8. The Balaban J connectivity index is 1.27. The van der Waals surface area contributed by atoms with Crippen molar-refractivity contribution >= 4 is 17.5 Å². The number of likely N-dealkylation sites (tertiary alicyclic amines) is 1. The van der Waals surface area contributed by atoms with Gasteiger partial charge < -0.3 is 5.32 Å². The van der Waals surface area contributed by atoms with Crippen molar-refractivity contribution in [2.45, 2.75) is 37.5 Å². The summed E-state index contributed by atoms with van der Waals surface area (Å²) in [5.41, 5.74) is 8.07. The van der Waals surface area contributed by atoms with Gasteiger partial charge in [-0.15, -0.1) is 0 Å². The highest BCUT2D eigenvalue weighted by Gasteiger charge is 2.32. The van der Waals surface area contributed by atoms with Gasteiger partial charge in [-0.05, 0) is 49.1 Å². The zero-order chi connectivity index (χ0) is 19.5. The molecule has 2 heterocycles. The van der Waals surface area contributed by atoms with Gasteiger partial charge >= 0.3 is 0 Å². The second-order valence-electron chi connectivity index (χ2n) is 7.41. The highest BCUT2D eigenvalue weighted by Crippen LogP contribution is 2.26. The lowest BCUT2D eigenvalue weighted by atomic mass is 10.0. The van der Waals surface area contributed by atoms with Crippen LogP contribution >= 0.6 is 11.6 Å². The fourth-order valence-corrected chi connectivity index (χ4v) is 4.08. The quantitative estimate of drug-likeness (QED) is 0.735. The number of nitrogens with one attached hydrogen (secondary N) is 3. The van der Waals surface area contributed by atoms with Crippen LogP contribution in [0.3, 0.4) is 0 Å². The van der Waals surface area contributed by atoms with Gasteiger partial charge in [0.15, 0.2) is 0 Å². The number of carbonyl (C=O) groups excluding carboxylic acids is 1. The van der Waals surface area contributed by atoms with Gasteiger partial charge in [-0.3, -0.25) is 9.69 Å². The molecule has 2 saturated heterocycles. The predicted molar refractivity (Wildman–Crippen MR) is 107 cm³/mol. The summed E-state index contributed by atoms with van der Waals surface area (Å²) in [7, 11) is 0. The molecule has 0 aromatic heterocycles. The highest BCUT2D eigenvalue weighted by molar-refractivity contribution is 6.30. The minimum atomic E-state index is -0.480. The van der Waals surface area contributed by atoms with Gasteiger partial charge in [0.25, 0.3) is 5.91 Å². The second-order valence-corrected chi connectivity index (χ2v) is 7.84. The summed E-state index contributed by atoms with van der Waals surface area (Å²) >= 11 is 5.97. The molecule has 0 saturated carbocycles. The fraction of sp³-hybridized carbons (Fsp3) is 0.381. The predicted octanol–water partition coefficient (Wildman–Crippen LogP) is 3.24. The van der Waals surface area contributed by atoms with Crippen molar-refractivity contribution in [1.29, 1.82) is 0 Å². The van der Waals surface area contributed by atoms with Crippen LogP contribution in [0.15, 0.2) is 48.5 Å². The van der Waals surface area contributed by atoms with Crippen molar-refractivity contribution in [3.63, 3.8) is 0 Å². The number of amides is 1.